The molecule has 3 rings (SSSR count). The lowest BCUT2D eigenvalue weighted by atomic mass is 10.1. The normalized spacial score (nSPS) is 10.9. The van der Waals surface area contributed by atoms with Crippen molar-refractivity contribution in [2.24, 2.45) is 7.05 Å². The molecule has 0 aliphatic heterocycles. The molecule has 3 aromatic rings. The third-order valence-corrected chi connectivity index (χ3v) is 3.61. The average molecular weight is 265 g/mol. The van der Waals surface area contributed by atoms with E-state index in [0.717, 1.165) is 5.75 Å². The molecule has 20 heavy (non-hydrogen) atoms. The van der Waals surface area contributed by atoms with Crippen LogP contribution >= 0.6 is 0 Å². The molecule has 0 aliphatic carbocycles. The summed E-state index contributed by atoms with van der Waals surface area (Å²) in [6.45, 7) is 4.80. The van der Waals surface area contributed by atoms with Crippen LogP contribution in [0.25, 0.3) is 10.9 Å². The van der Waals surface area contributed by atoms with Gasteiger partial charge in [0.25, 0.3) is 0 Å². The number of nitrogens with zero attached hydrogens (tertiary/aromatic N) is 1. The van der Waals surface area contributed by atoms with Gasteiger partial charge in [-0.25, -0.2) is 0 Å². The molecule has 2 heteroatoms. The van der Waals surface area contributed by atoms with Crippen LogP contribution in [-0.2, 0) is 13.7 Å². The molecular formula is C18H19NO. The Hall–Kier alpha value is -2.22. The van der Waals surface area contributed by atoms with Crippen LogP contribution in [0, 0.1) is 13.8 Å². The van der Waals surface area contributed by atoms with E-state index in [-0.39, 0.29) is 0 Å². The van der Waals surface area contributed by atoms with Gasteiger partial charge in [-0.05, 0) is 43.7 Å². The Morgan fingerprint density at radius 2 is 1.80 bits per heavy atom. The minimum atomic E-state index is 0.601. The second-order valence-corrected chi connectivity index (χ2v) is 5.39. The predicted molar refractivity (Wildman–Crippen MR) is 83.2 cm³/mol. The van der Waals surface area contributed by atoms with Gasteiger partial charge in [-0.2, -0.15) is 0 Å². The fourth-order valence-electron chi connectivity index (χ4n) is 2.57. The van der Waals surface area contributed by atoms with E-state index < -0.39 is 0 Å². The van der Waals surface area contributed by atoms with Crippen molar-refractivity contribution in [2.45, 2.75) is 20.5 Å². The Morgan fingerprint density at radius 1 is 1.00 bits per heavy atom. The zero-order chi connectivity index (χ0) is 14.1. The maximum absolute atomic E-state index is 5.92. The lowest BCUT2D eigenvalue weighted by Gasteiger charge is -2.06. The van der Waals surface area contributed by atoms with Gasteiger partial charge in [-0.3, -0.25) is 0 Å². The Kier molecular flexibility index (Phi) is 3.23. The van der Waals surface area contributed by atoms with Crippen molar-refractivity contribution in [3.63, 3.8) is 0 Å². The highest BCUT2D eigenvalue weighted by molar-refractivity contribution is 5.84. The highest BCUT2D eigenvalue weighted by Gasteiger charge is 2.07. The van der Waals surface area contributed by atoms with Crippen LogP contribution in [0.5, 0.6) is 5.75 Å². The summed E-state index contributed by atoms with van der Waals surface area (Å²) in [6.07, 6.45) is 2.15. The number of fused-ring (bicyclic) bond motifs is 1. The fourth-order valence-corrected chi connectivity index (χ4v) is 2.57. The Balaban J connectivity index is 1.89. The number of rotatable bonds is 3. The van der Waals surface area contributed by atoms with Crippen molar-refractivity contribution >= 4 is 10.9 Å². The van der Waals surface area contributed by atoms with E-state index in [9.17, 15) is 0 Å². The maximum Gasteiger partial charge on any atom is 0.120 e. The lowest BCUT2D eigenvalue weighted by molar-refractivity contribution is 0.307. The molecule has 0 bridgehead atoms. The molecule has 0 saturated heterocycles. The van der Waals surface area contributed by atoms with Crippen molar-refractivity contribution in [2.75, 3.05) is 0 Å². The average Bonchev–Trinajstić information content (AvgIpc) is 2.73. The molecule has 0 radical (unpaired) electrons. The van der Waals surface area contributed by atoms with Gasteiger partial charge >= 0.3 is 0 Å². The summed E-state index contributed by atoms with van der Waals surface area (Å²) in [5.74, 6) is 0.926. The molecule has 2 aromatic carbocycles. The van der Waals surface area contributed by atoms with Crippen molar-refractivity contribution in [3.8, 4) is 5.75 Å². The van der Waals surface area contributed by atoms with Gasteiger partial charge in [-0.15, -0.1) is 0 Å². The van der Waals surface area contributed by atoms with Gasteiger partial charge in [0.1, 0.15) is 12.4 Å². The zero-order valence-electron chi connectivity index (χ0n) is 12.2. The molecule has 2 nitrogen and oxygen atoms in total. The summed E-state index contributed by atoms with van der Waals surface area (Å²) in [5, 5.41) is 1.28. The van der Waals surface area contributed by atoms with Crippen molar-refractivity contribution in [1.82, 2.24) is 4.57 Å². The van der Waals surface area contributed by atoms with Gasteiger partial charge in [-0.1, -0.05) is 23.8 Å². The lowest BCUT2D eigenvalue weighted by Crippen LogP contribution is -1.94. The van der Waals surface area contributed by atoms with Crippen molar-refractivity contribution in [1.29, 1.82) is 0 Å². The first kappa shape index (κ1) is 12.8. The van der Waals surface area contributed by atoms with E-state index in [2.05, 4.69) is 62.0 Å². The molecule has 0 N–H and O–H groups in total. The summed E-state index contributed by atoms with van der Waals surface area (Å²) in [4.78, 5) is 0. The van der Waals surface area contributed by atoms with E-state index in [4.69, 9.17) is 4.74 Å². The van der Waals surface area contributed by atoms with E-state index >= 15 is 0 Å². The van der Waals surface area contributed by atoms with Crippen LogP contribution < -0.4 is 4.74 Å². The third-order valence-electron chi connectivity index (χ3n) is 3.61. The highest BCUT2D eigenvalue weighted by Crippen LogP contribution is 2.23. The zero-order valence-corrected chi connectivity index (χ0v) is 12.2. The molecule has 0 aliphatic rings. The Bertz CT molecular complexity index is 755. The van der Waals surface area contributed by atoms with Gasteiger partial charge in [0.15, 0.2) is 0 Å². The maximum atomic E-state index is 5.92. The second kappa shape index (κ2) is 5.04. The SMILES string of the molecule is Cc1cccc(OCc2cn(C)c3ccc(C)cc23)c1. The summed E-state index contributed by atoms with van der Waals surface area (Å²) < 4.78 is 8.08. The van der Waals surface area contributed by atoms with Crippen LogP contribution in [0.1, 0.15) is 16.7 Å². The molecule has 0 spiro atoms. The molecule has 0 unspecified atom stereocenters. The first-order valence-electron chi connectivity index (χ1n) is 6.87. The summed E-state index contributed by atoms with van der Waals surface area (Å²) in [6, 6.07) is 14.7. The smallest absolute Gasteiger partial charge is 0.120 e. The van der Waals surface area contributed by atoms with Gasteiger partial charge in [0.2, 0.25) is 0 Å². The number of hydrogen-bond acceptors (Lipinski definition) is 1. The number of benzene rings is 2. The van der Waals surface area contributed by atoms with Crippen molar-refractivity contribution in [3.05, 3.63) is 65.4 Å². The van der Waals surface area contributed by atoms with Crippen LogP contribution in [0.4, 0.5) is 0 Å². The van der Waals surface area contributed by atoms with E-state index in [1.807, 2.05) is 12.1 Å². The summed E-state index contributed by atoms with van der Waals surface area (Å²) in [5.41, 5.74) is 4.97. The Labute approximate surface area is 119 Å². The van der Waals surface area contributed by atoms with Crippen LogP contribution in [0.3, 0.4) is 0 Å². The molecule has 0 saturated carbocycles. The summed E-state index contributed by atoms with van der Waals surface area (Å²) in [7, 11) is 2.08. The molecule has 0 amide bonds. The first-order valence-corrected chi connectivity index (χ1v) is 6.87. The molecule has 1 aromatic heterocycles. The van der Waals surface area contributed by atoms with Crippen LogP contribution in [0.2, 0.25) is 0 Å². The molecule has 102 valence electrons. The van der Waals surface area contributed by atoms with Crippen molar-refractivity contribution < 1.29 is 4.74 Å². The van der Waals surface area contributed by atoms with Crippen LogP contribution in [-0.4, -0.2) is 4.57 Å². The van der Waals surface area contributed by atoms with Gasteiger partial charge in [0, 0.05) is 29.7 Å². The Morgan fingerprint density at radius 3 is 2.60 bits per heavy atom. The number of ether oxygens (including phenoxy) is 1. The van der Waals surface area contributed by atoms with E-state index in [0.29, 0.717) is 6.61 Å². The highest BCUT2D eigenvalue weighted by atomic mass is 16.5. The minimum absolute atomic E-state index is 0.601. The topological polar surface area (TPSA) is 14.2 Å². The van der Waals surface area contributed by atoms with E-state index in [1.54, 1.807) is 0 Å². The molecular weight excluding hydrogens is 246 g/mol. The minimum Gasteiger partial charge on any atom is -0.489 e. The number of aromatic nitrogens is 1. The fraction of sp³-hybridized carbons (Fsp3) is 0.222. The monoisotopic (exact) mass is 265 g/mol. The van der Waals surface area contributed by atoms with E-state index in [1.165, 1.54) is 27.6 Å². The number of hydrogen-bond donors (Lipinski definition) is 0. The molecule has 0 fully saturated rings. The van der Waals surface area contributed by atoms with Gasteiger partial charge < -0.3 is 9.30 Å². The molecule has 0 atom stereocenters. The second-order valence-electron chi connectivity index (χ2n) is 5.39. The largest absolute Gasteiger partial charge is 0.489 e. The van der Waals surface area contributed by atoms with Crippen LogP contribution in [0.15, 0.2) is 48.7 Å². The molecule has 1 heterocycles. The predicted octanol–water partition coefficient (Wildman–Crippen LogP) is 4.37. The first-order chi connectivity index (χ1) is 9.63. The summed E-state index contributed by atoms with van der Waals surface area (Å²) >= 11 is 0. The quantitative estimate of drug-likeness (QED) is 0.685. The van der Waals surface area contributed by atoms with Gasteiger partial charge in [0.05, 0.1) is 0 Å². The third kappa shape index (κ3) is 2.42. The standard InChI is InChI=1S/C18H19NO/c1-13-5-4-6-16(9-13)20-12-15-11-19(3)18-8-7-14(2)10-17(15)18/h4-11H,12H2,1-3H3. The number of aryl methyl sites for hydroxylation is 3.